The van der Waals surface area contributed by atoms with Gasteiger partial charge in [-0.15, -0.1) is 0 Å². The largest absolute Gasteiger partial charge is 0.478 e. The topological polar surface area (TPSA) is 40.5 Å². The van der Waals surface area contributed by atoms with E-state index in [1.165, 1.54) is 11.1 Å². The minimum Gasteiger partial charge on any atom is -0.478 e. The Kier molecular flexibility index (Phi) is 3.49. The van der Waals surface area contributed by atoms with Crippen molar-refractivity contribution in [3.63, 3.8) is 0 Å². The van der Waals surface area contributed by atoms with Crippen LogP contribution in [0.3, 0.4) is 0 Å². The van der Waals surface area contributed by atoms with Gasteiger partial charge in [-0.05, 0) is 54.3 Å². The number of carboxylic acids is 1. The lowest BCUT2D eigenvalue weighted by Crippen LogP contribution is -2.20. The summed E-state index contributed by atoms with van der Waals surface area (Å²) in [5, 5.41) is 9.42. The van der Waals surface area contributed by atoms with Crippen LogP contribution in [0.25, 0.3) is 16.8 Å². The molecule has 112 valence electrons. The second kappa shape index (κ2) is 5.34. The number of benzene rings is 2. The van der Waals surface area contributed by atoms with E-state index in [0.29, 0.717) is 5.56 Å². The predicted octanol–water partition coefficient (Wildman–Crippen LogP) is 4.25. The van der Waals surface area contributed by atoms with Gasteiger partial charge in [0.05, 0.1) is 5.56 Å². The van der Waals surface area contributed by atoms with Gasteiger partial charge in [-0.2, -0.15) is 0 Å². The fraction of sp³-hybridized carbons (Fsp3) is 0.211. The van der Waals surface area contributed by atoms with E-state index in [0.717, 1.165) is 28.9 Å². The van der Waals surface area contributed by atoms with E-state index in [9.17, 15) is 9.90 Å². The number of carboxylic acid groups (broad SMARTS) is 1. The van der Waals surface area contributed by atoms with Gasteiger partial charge in [0.25, 0.3) is 0 Å². The minimum atomic E-state index is -0.892. The molecule has 2 bridgehead atoms. The first-order valence-corrected chi connectivity index (χ1v) is 7.33. The molecule has 3 nitrogen and oxygen atoms in total. The highest BCUT2D eigenvalue weighted by molar-refractivity contribution is 5.92. The molecule has 2 aromatic carbocycles. The van der Waals surface area contributed by atoms with Gasteiger partial charge in [-0.25, -0.2) is 4.79 Å². The van der Waals surface area contributed by atoms with Crippen LogP contribution in [0.15, 0.2) is 48.0 Å². The molecule has 3 rings (SSSR count). The van der Waals surface area contributed by atoms with Gasteiger partial charge in [0.1, 0.15) is 0 Å². The molecule has 0 saturated heterocycles. The molecule has 1 aliphatic rings. The highest BCUT2D eigenvalue weighted by Gasteiger charge is 2.19. The van der Waals surface area contributed by atoms with Crippen LogP contribution >= 0.6 is 0 Å². The average molecular weight is 293 g/mol. The molecule has 0 radical (unpaired) electrons. The zero-order valence-electron chi connectivity index (χ0n) is 13.1. The van der Waals surface area contributed by atoms with Crippen LogP contribution in [0.4, 0.5) is 0 Å². The molecule has 0 saturated carbocycles. The number of allylic oxidation sites excluding steroid dienone is 1. The summed E-state index contributed by atoms with van der Waals surface area (Å²) in [6, 6.07) is 13.8. The summed E-state index contributed by atoms with van der Waals surface area (Å²) in [5.74, 6) is -0.892. The van der Waals surface area contributed by atoms with Crippen molar-refractivity contribution in [2.24, 2.45) is 0 Å². The number of hydrogen-bond donors (Lipinski definition) is 1. The van der Waals surface area contributed by atoms with Crippen molar-refractivity contribution in [2.75, 3.05) is 7.05 Å². The van der Waals surface area contributed by atoms with E-state index in [4.69, 9.17) is 0 Å². The van der Waals surface area contributed by atoms with Gasteiger partial charge >= 0.3 is 5.97 Å². The lowest BCUT2D eigenvalue weighted by molar-refractivity contribution is 0.0697. The van der Waals surface area contributed by atoms with Crippen molar-refractivity contribution in [1.82, 2.24) is 4.90 Å². The van der Waals surface area contributed by atoms with Crippen molar-refractivity contribution in [3.8, 4) is 11.1 Å². The summed E-state index contributed by atoms with van der Waals surface area (Å²) in [7, 11) is 2.05. The van der Waals surface area contributed by atoms with Crippen molar-refractivity contribution in [1.29, 1.82) is 0 Å². The third-order valence-electron chi connectivity index (χ3n) is 4.04. The quantitative estimate of drug-likeness (QED) is 0.854. The Hall–Kier alpha value is -2.55. The van der Waals surface area contributed by atoms with E-state index in [2.05, 4.69) is 44.0 Å². The number of fused-ring (bicyclic) bond motifs is 4. The summed E-state index contributed by atoms with van der Waals surface area (Å²) in [5.41, 5.74) is 6.85. The Morgan fingerprint density at radius 1 is 1.09 bits per heavy atom. The first-order chi connectivity index (χ1) is 10.5. The minimum absolute atomic E-state index is 0.330. The molecule has 2 aromatic rings. The Bertz CT molecular complexity index is 786. The Morgan fingerprint density at radius 3 is 2.45 bits per heavy atom. The fourth-order valence-electron chi connectivity index (χ4n) is 3.21. The lowest BCUT2D eigenvalue weighted by atomic mass is 9.91. The number of aromatic carboxylic acids is 1. The Morgan fingerprint density at radius 2 is 1.77 bits per heavy atom. The van der Waals surface area contributed by atoms with E-state index in [1.807, 2.05) is 12.1 Å². The third kappa shape index (κ3) is 2.39. The summed E-state index contributed by atoms with van der Waals surface area (Å²) >= 11 is 0. The maximum atomic E-state index is 11.5. The van der Waals surface area contributed by atoms with E-state index < -0.39 is 5.97 Å². The van der Waals surface area contributed by atoms with Gasteiger partial charge in [0.2, 0.25) is 0 Å². The van der Waals surface area contributed by atoms with Crippen LogP contribution in [0.2, 0.25) is 0 Å². The zero-order chi connectivity index (χ0) is 15.9. The van der Waals surface area contributed by atoms with Crippen molar-refractivity contribution < 1.29 is 9.90 Å². The molecule has 1 N–H and O–H groups in total. The SMILES string of the molecule is CC(C)=C1c2cc(C(=O)O)cc(c2)-c2ccccc2CN1C. The molecule has 0 amide bonds. The second-order valence-corrected chi connectivity index (χ2v) is 5.97. The molecular formula is C19H19NO2. The first-order valence-electron chi connectivity index (χ1n) is 7.33. The van der Waals surface area contributed by atoms with Crippen LogP contribution in [-0.2, 0) is 6.54 Å². The molecule has 0 aromatic heterocycles. The van der Waals surface area contributed by atoms with E-state index in [1.54, 1.807) is 12.1 Å². The van der Waals surface area contributed by atoms with Crippen LogP contribution in [-0.4, -0.2) is 23.0 Å². The van der Waals surface area contributed by atoms with Gasteiger partial charge < -0.3 is 10.0 Å². The normalized spacial score (nSPS) is 13.2. The maximum absolute atomic E-state index is 11.5. The van der Waals surface area contributed by atoms with Crippen LogP contribution in [0.5, 0.6) is 0 Å². The monoisotopic (exact) mass is 293 g/mol. The predicted molar refractivity (Wildman–Crippen MR) is 88.6 cm³/mol. The van der Waals surface area contributed by atoms with E-state index in [-0.39, 0.29) is 0 Å². The number of nitrogens with zero attached hydrogens (tertiary/aromatic N) is 1. The van der Waals surface area contributed by atoms with Gasteiger partial charge in [0, 0.05) is 19.3 Å². The van der Waals surface area contributed by atoms with Crippen LogP contribution in [0, 0.1) is 0 Å². The Balaban J connectivity index is 2.36. The molecule has 3 heteroatoms. The van der Waals surface area contributed by atoms with Gasteiger partial charge in [-0.1, -0.05) is 29.8 Å². The molecular weight excluding hydrogens is 274 g/mol. The number of hydrogen-bond acceptors (Lipinski definition) is 2. The van der Waals surface area contributed by atoms with Crippen molar-refractivity contribution in [2.45, 2.75) is 20.4 Å². The van der Waals surface area contributed by atoms with Crippen molar-refractivity contribution in [3.05, 3.63) is 64.7 Å². The first kappa shape index (κ1) is 14.4. The molecule has 1 aliphatic heterocycles. The smallest absolute Gasteiger partial charge is 0.335 e. The highest BCUT2D eigenvalue weighted by Crippen LogP contribution is 2.35. The third-order valence-corrected chi connectivity index (χ3v) is 4.04. The molecule has 0 spiro atoms. The summed E-state index contributed by atoms with van der Waals surface area (Å²) in [6.45, 7) is 4.93. The van der Waals surface area contributed by atoms with Crippen molar-refractivity contribution >= 4 is 11.7 Å². The zero-order valence-corrected chi connectivity index (χ0v) is 13.1. The molecule has 0 atom stereocenters. The second-order valence-electron chi connectivity index (χ2n) is 5.97. The lowest BCUT2D eigenvalue weighted by Gasteiger charge is -2.29. The van der Waals surface area contributed by atoms with Crippen LogP contribution in [0.1, 0.15) is 35.3 Å². The molecule has 0 unspecified atom stereocenters. The molecule has 1 heterocycles. The summed E-state index contributed by atoms with van der Waals surface area (Å²) < 4.78 is 0. The molecule has 22 heavy (non-hydrogen) atoms. The summed E-state index contributed by atoms with van der Waals surface area (Å²) in [4.78, 5) is 13.7. The molecule has 0 aliphatic carbocycles. The van der Waals surface area contributed by atoms with Crippen LogP contribution < -0.4 is 0 Å². The van der Waals surface area contributed by atoms with Gasteiger partial charge in [0.15, 0.2) is 0 Å². The summed E-state index contributed by atoms with van der Waals surface area (Å²) in [6.07, 6.45) is 0. The fourth-order valence-corrected chi connectivity index (χ4v) is 3.21. The standard InChI is InChI=1S/C19H19NO2/c1-12(2)18-15-8-14(9-16(10-15)19(21)22)17-7-5-4-6-13(17)11-20(18)3/h4-10H,11H2,1-3H3,(H,21,22). The van der Waals surface area contributed by atoms with Gasteiger partial charge in [-0.3, -0.25) is 0 Å². The highest BCUT2D eigenvalue weighted by atomic mass is 16.4. The Labute approximate surface area is 130 Å². The average Bonchev–Trinajstić information content (AvgIpc) is 2.46. The maximum Gasteiger partial charge on any atom is 0.335 e. The van der Waals surface area contributed by atoms with E-state index >= 15 is 0 Å². The molecule has 0 fully saturated rings. The number of rotatable bonds is 1. The number of carbonyl (C=O) groups is 1.